The lowest BCUT2D eigenvalue weighted by atomic mass is 10.1. The molecule has 1 aliphatic heterocycles. The maximum atomic E-state index is 13.5. The van der Waals surface area contributed by atoms with Crippen LogP contribution in [0.3, 0.4) is 0 Å². The third-order valence-corrected chi connectivity index (χ3v) is 5.08. The van der Waals surface area contributed by atoms with Crippen molar-refractivity contribution in [2.45, 2.75) is 19.4 Å². The first-order valence-electron chi connectivity index (χ1n) is 9.62. The van der Waals surface area contributed by atoms with Crippen molar-refractivity contribution in [1.82, 2.24) is 9.97 Å². The molecule has 0 aliphatic carbocycles. The van der Waals surface area contributed by atoms with Gasteiger partial charge in [-0.2, -0.15) is 4.98 Å². The Labute approximate surface area is 178 Å². The van der Waals surface area contributed by atoms with Crippen molar-refractivity contribution in [2.75, 3.05) is 23.3 Å². The number of hydrogen-bond donors (Lipinski definition) is 1. The average molecular weight is 427 g/mol. The number of aromatic nitrogens is 2. The summed E-state index contributed by atoms with van der Waals surface area (Å²) < 4.78 is 19.3. The number of halogens is 2. The molecule has 0 saturated carbocycles. The summed E-state index contributed by atoms with van der Waals surface area (Å²) in [5, 5.41) is 3.22. The van der Waals surface area contributed by atoms with Gasteiger partial charge in [0.05, 0.1) is 18.1 Å². The van der Waals surface area contributed by atoms with Crippen LogP contribution in [0.5, 0.6) is 5.75 Å². The number of carbonyl (C=O) groups is 1. The molecule has 8 heteroatoms. The van der Waals surface area contributed by atoms with Gasteiger partial charge in [-0.1, -0.05) is 30.7 Å². The zero-order valence-corrected chi connectivity index (χ0v) is 17.1. The molecule has 1 aliphatic rings. The van der Waals surface area contributed by atoms with Crippen LogP contribution in [0.2, 0.25) is 5.02 Å². The second-order valence-corrected chi connectivity index (χ2v) is 7.35. The number of ketones is 1. The van der Waals surface area contributed by atoms with Gasteiger partial charge in [-0.25, -0.2) is 9.37 Å². The predicted molar refractivity (Wildman–Crippen MR) is 114 cm³/mol. The van der Waals surface area contributed by atoms with Crippen LogP contribution < -0.4 is 15.0 Å². The highest BCUT2D eigenvalue weighted by Gasteiger charge is 2.30. The average Bonchev–Trinajstić information content (AvgIpc) is 2.72. The van der Waals surface area contributed by atoms with E-state index < -0.39 is 5.82 Å². The molecule has 154 valence electrons. The molecule has 0 amide bonds. The molecule has 1 saturated heterocycles. The van der Waals surface area contributed by atoms with Gasteiger partial charge >= 0.3 is 0 Å². The molecular formula is C22H20ClFN4O2. The predicted octanol–water partition coefficient (Wildman–Crippen LogP) is 4.87. The lowest BCUT2D eigenvalue weighted by Crippen LogP contribution is -2.54. The number of hydrogen-bond acceptors (Lipinski definition) is 6. The molecule has 30 heavy (non-hydrogen) atoms. The van der Waals surface area contributed by atoms with Gasteiger partial charge in [0.15, 0.2) is 5.78 Å². The summed E-state index contributed by atoms with van der Waals surface area (Å²) in [4.78, 5) is 22.7. The Morgan fingerprint density at radius 1 is 1.27 bits per heavy atom. The van der Waals surface area contributed by atoms with Crippen LogP contribution >= 0.6 is 11.6 Å². The van der Waals surface area contributed by atoms with Crippen LogP contribution in [0, 0.1) is 5.82 Å². The molecule has 4 rings (SSSR count). The van der Waals surface area contributed by atoms with Gasteiger partial charge in [0.2, 0.25) is 5.95 Å². The van der Waals surface area contributed by atoms with E-state index in [1.165, 1.54) is 12.1 Å². The topological polar surface area (TPSA) is 67.4 Å². The molecule has 0 unspecified atom stereocenters. The van der Waals surface area contributed by atoms with Gasteiger partial charge in [-0.15, -0.1) is 0 Å². The van der Waals surface area contributed by atoms with E-state index in [4.69, 9.17) is 16.3 Å². The number of anilines is 3. The van der Waals surface area contributed by atoms with Crippen molar-refractivity contribution in [2.24, 2.45) is 0 Å². The SMILES string of the molecule is CCC(=O)c1cccc(Nc2nccc(N3CC(Oc4ccc(Cl)c(F)c4)C3)n2)c1. The number of nitrogens with one attached hydrogen (secondary N) is 1. The van der Waals surface area contributed by atoms with E-state index in [1.807, 2.05) is 30.0 Å². The Bertz CT molecular complexity index is 1070. The summed E-state index contributed by atoms with van der Waals surface area (Å²) in [6.45, 7) is 3.09. The highest BCUT2D eigenvalue weighted by molar-refractivity contribution is 6.30. The number of rotatable bonds is 7. The molecule has 0 bridgehead atoms. The maximum absolute atomic E-state index is 13.5. The van der Waals surface area contributed by atoms with Gasteiger partial charge in [0, 0.05) is 29.9 Å². The van der Waals surface area contributed by atoms with Crippen molar-refractivity contribution >= 4 is 34.8 Å². The van der Waals surface area contributed by atoms with E-state index in [0.29, 0.717) is 36.8 Å². The highest BCUT2D eigenvalue weighted by Crippen LogP contribution is 2.26. The fourth-order valence-electron chi connectivity index (χ4n) is 3.13. The smallest absolute Gasteiger partial charge is 0.229 e. The first-order valence-corrected chi connectivity index (χ1v) is 9.99. The van der Waals surface area contributed by atoms with Crippen molar-refractivity contribution in [3.8, 4) is 5.75 Å². The first-order chi connectivity index (χ1) is 14.5. The zero-order chi connectivity index (χ0) is 21.1. The lowest BCUT2D eigenvalue weighted by Gasteiger charge is -2.39. The van der Waals surface area contributed by atoms with Gasteiger partial charge in [-0.05, 0) is 30.3 Å². The maximum Gasteiger partial charge on any atom is 0.229 e. The molecular weight excluding hydrogens is 407 g/mol. The van der Waals surface area contributed by atoms with Crippen LogP contribution in [0.15, 0.2) is 54.7 Å². The number of ether oxygens (including phenoxy) is 1. The van der Waals surface area contributed by atoms with E-state index in [2.05, 4.69) is 15.3 Å². The lowest BCUT2D eigenvalue weighted by molar-refractivity contribution is 0.0988. The standard InChI is InChI=1S/C22H20ClFN4O2/c1-2-20(29)14-4-3-5-15(10-14)26-22-25-9-8-21(27-22)28-12-17(13-28)30-16-6-7-18(23)19(24)11-16/h3-11,17H,2,12-13H2,1H3,(H,25,26,27). The molecule has 0 radical (unpaired) electrons. The highest BCUT2D eigenvalue weighted by atomic mass is 35.5. The Hall–Kier alpha value is -3.19. The second kappa shape index (κ2) is 8.67. The van der Waals surface area contributed by atoms with E-state index in [0.717, 1.165) is 11.5 Å². The van der Waals surface area contributed by atoms with Crippen LogP contribution in [0.25, 0.3) is 0 Å². The number of nitrogens with zero attached hydrogens (tertiary/aromatic N) is 3. The molecule has 2 aromatic carbocycles. The minimum Gasteiger partial charge on any atom is -0.487 e. The Balaban J connectivity index is 1.37. The van der Waals surface area contributed by atoms with Crippen molar-refractivity contribution < 1.29 is 13.9 Å². The molecule has 1 N–H and O–H groups in total. The fraction of sp³-hybridized carbons (Fsp3) is 0.227. The monoisotopic (exact) mass is 426 g/mol. The van der Waals surface area contributed by atoms with Crippen LogP contribution in [-0.2, 0) is 0 Å². The van der Waals surface area contributed by atoms with Crippen molar-refractivity contribution in [3.05, 3.63) is 71.1 Å². The van der Waals surface area contributed by atoms with Gasteiger partial charge in [0.25, 0.3) is 0 Å². The van der Waals surface area contributed by atoms with Crippen LogP contribution in [0.4, 0.5) is 21.8 Å². The number of Topliss-reactive ketones (excluding diaryl/α,β-unsaturated/α-hetero) is 1. The molecule has 0 spiro atoms. The Morgan fingerprint density at radius 3 is 2.87 bits per heavy atom. The van der Waals surface area contributed by atoms with Gasteiger partial charge in [-0.3, -0.25) is 4.79 Å². The largest absolute Gasteiger partial charge is 0.487 e. The van der Waals surface area contributed by atoms with E-state index >= 15 is 0 Å². The normalized spacial score (nSPS) is 13.6. The molecule has 1 aromatic heterocycles. The Morgan fingerprint density at radius 2 is 2.10 bits per heavy atom. The summed E-state index contributed by atoms with van der Waals surface area (Å²) in [6, 6.07) is 13.5. The second-order valence-electron chi connectivity index (χ2n) is 6.94. The molecule has 6 nitrogen and oxygen atoms in total. The first kappa shape index (κ1) is 20.1. The molecule has 2 heterocycles. The van der Waals surface area contributed by atoms with Crippen molar-refractivity contribution in [3.63, 3.8) is 0 Å². The minimum absolute atomic E-state index is 0.0614. The van der Waals surface area contributed by atoms with Crippen LogP contribution in [-0.4, -0.2) is 34.9 Å². The molecule has 0 atom stereocenters. The molecule has 1 fully saturated rings. The Kier molecular flexibility index (Phi) is 5.81. The summed E-state index contributed by atoms with van der Waals surface area (Å²) in [5.41, 5.74) is 1.40. The van der Waals surface area contributed by atoms with E-state index in [-0.39, 0.29) is 16.9 Å². The quantitative estimate of drug-likeness (QED) is 0.543. The van der Waals surface area contributed by atoms with Gasteiger partial charge in [0.1, 0.15) is 23.5 Å². The summed E-state index contributed by atoms with van der Waals surface area (Å²) >= 11 is 5.70. The summed E-state index contributed by atoms with van der Waals surface area (Å²) in [6.07, 6.45) is 2.07. The zero-order valence-electron chi connectivity index (χ0n) is 16.3. The van der Waals surface area contributed by atoms with Crippen molar-refractivity contribution in [1.29, 1.82) is 0 Å². The minimum atomic E-state index is -0.499. The summed E-state index contributed by atoms with van der Waals surface area (Å²) in [7, 11) is 0. The number of carbonyl (C=O) groups excluding carboxylic acids is 1. The third kappa shape index (κ3) is 4.52. The molecule has 3 aromatic rings. The van der Waals surface area contributed by atoms with E-state index in [9.17, 15) is 9.18 Å². The van der Waals surface area contributed by atoms with E-state index in [1.54, 1.807) is 24.4 Å². The third-order valence-electron chi connectivity index (χ3n) is 4.77. The van der Waals surface area contributed by atoms with Crippen LogP contribution in [0.1, 0.15) is 23.7 Å². The fourth-order valence-corrected chi connectivity index (χ4v) is 3.25. The summed E-state index contributed by atoms with van der Waals surface area (Å²) in [5.74, 6) is 1.24. The number of benzene rings is 2. The van der Waals surface area contributed by atoms with Gasteiger partial charge < -0.3 is 15.0 Å².